The number of hydrogen-bond acceptors (Lipinski definition) is 6. The molecule has 4 aromatic rings. The Hall–Kier alpha value is -3.74. The van der Waals surface area contributed by atoms with Crippen molar-refractivity contribution in [3.63, 3.8) is 0 Å². The standard InChI is InChI=1S/C21H16N6O/c1-13-2-3-16(11-22-13)26-7-6-14-10-15(4-5-17(14)26)27-8-9-28-21-18-19(23-12-24-21)25-20(18)27/h2-7,10-12H,8-9H2,1H3. The largest absolute Gasteiger partial charge is 0.475 e. The van der Waals surface area contributed by atoms with Gasteiger partial charge in [-0.2, -0.15) is 0 Å². The Bertz CT molecular complexity index is 1260. The number of ether oxygens (including phenoxy) is 1. The molecule has 136 valence electrons. The van der Waals surface area contributed by atoms with Gasteiger partial charge in [-0.1, -0.05) is 0 Å². The van der Waals surface area contributed by atoms with Gasteiger partial charge in [0.25, 0.3) is 0 Å². The molecule has 2 aliphatic heterocycles. The number of amidine groups is 1. The molecule has 28 heavy (non-hydrogen) atoms. The van der Waals surface area contributed by atoms with Crippen molar-refractivity contribution in [2.24, 2.45) is 4.99 Å². The number of rotatable bonds is 2. The summed E-state index contributed by atoms with van der Waals surface area (Å²) in [7, 11) is 0. The van der Waals surface area contributed by atoms with E-state index < -0.39 is 0 Å². The number of fused-ring (bicyclic) bond motifs is 1. The van der Waals surface area contributed by atoms with Crippen molar-refractivity contribution in [3.05, 3.63) is 66.4 Å². The van der Waals surface area contributed by atoms with Gasteiger partial charge in [-0.3, -0.25) is 4.98 Å². The smallest absolute Gasteiger partial charge is 0.230 e. The van der Waals surface area contributed by atoms with Gasteiger partial charge in [-0.15, -0.1) is 0 Å². The average molecular weight is 368 g/mol. The Kier molecular flexibility index (Phi) is 3.08. The fourth-order valence-corrected chi connectivity index (χ4v) is 3.77. The van der Waals surface area contributed by atoms with Gasteiger partial charge >= 0.3 is 0 Å². The predicted octanol–water partition coefficient (Wildman–Crippen LogP) is 3.41. The minimum atomic E-state index is 0.552. The molecule has 0 unspecified atom stereocenters. The molecule has 6 rings (SSSR count). The Morgan fingerprint density at radius 2 is 1.93 bits per heavy atom. The van der Waals surface area contributed by atoms with E-state index in [-0.39, 0.29) is 0 Å². The topological polar surface area (TPSA) is 68.4 Å². The summed E-state index contributed by atoms with van der Waals surface area (Å²) in [6, 6.07) is 12.7. The summed E-state index contributed by atoms with van der Waals surface area (Å²) >= 11 is 0. The van der Waals surface area contributed by atoms with Crippen LogP contribution in [0.3, 0.4) is 0 Å². The summed E-state index contributed by atoms with van der Waals surface area (Å²) in [5.74, 6) is 2.20. The molecular weight excluding hydrogens is 352 g/mol. The van der Waals surface area contributed by atoms with E-state index in [0.717, 1.165) is 39.4 Å². The molecule has 0 atom stereocenters. The normalized spacial score (nSPS) is 14.8. The van der Waals surface area contributed by atoms with Crippen LogP contribution in [0.2, 0.25) is 0 Å². The lowest BCUT2D eigenvalue weighted by atomic mass is 10.1. The maximum absolute atomic E-state index is 5.79. The Labute approximate surface area is 161 Å². The molecule has 2 aliphatic rings. The molecule has 0 spiro atoms. The highest BCUT2D eigenvalue weighted by Crippen LogP contribution is 2.38. The van der Waals surface area contributed by atoms with Gasteiger partial charge in [-0.05, 0) is 43.3 Å². The molecule has 0 bridgehead atoms. The van der Waals surface area contributed by atoms with E-state index >= 15 is 0 Å². The van der Waals surface area contributed by atoms with Crippen molar-refractivity contribution < 1.29 is 4.74 Å². The third-order valence-corrected chi connectivity index (χ3v) is 5.20. The molecule has 0 saturated carbocycles. The fraction of sp³-hybridized carbons (Fsp3) is 0.143. The Balaban J connectivity index is 1.41. The molecule has 7 heteroatoms. The van der Waals surface area contributed by atoms with Gasteiger partial charge in [0.15, 0.2) is 11.7 Å². The zero-order valence-corrected chi connectivity index (χ0v) is 15.2. The molecule has 0 radical (unpaired) electrons. The average Bonchev–Trinajstić information content (AvgIpc) is 3.02. The highest BCUT2D eigenvalue weighted by molar-refractivity contribution is 6.20. The number of benzene rings is 1. The number of hydrogen-bond donors (Lipinski definition) is 0. The van der Waals surface area contributed by atoms with Gasteiger partial charge in [0.1, 0.15) is 18.5 Å². The van der Waals surface area contributed by atoms with Crippen LogP contribution in [0.4, 0.5) is 11.5 Å². The first-order valence-electron chi connectivity index (χ1n) is 9.16. The fourth-order valence-electron chi connectivity index (χ4n) is 3.77. The van der Waals surface area contributed by atoms with Crippen LogP contribution in [0.1, 0.15) is 11.3 Å². The molecule has 0 amide bonds. The second-order valence-corrected chi connectivity index (χ2v) is 6.90. The quantitative estimate of drug-likeness (QED) is 0.542. The second-order valence-electron chi connectivity index (χ2n) is 6.90. The van der Waals surface area contributed by atoms with Crippen LogP contribution in [0.25, 0.3) is 16.6 Å². The van der Waals surface area contributed by atoms with Crippen molar-refractivity contribution in [3.8, 4) is 11.6 Å². The van der Waals surface area contributed by atoms with E-state index in [0.29, 0.717) is 24.8 Å². The summed E-state index contributed by atoms with van der Waals surface area (Å²) in [6.07, 6.45) is 5.48. The zero-order valence-electron chi connectivity index (χ0n) is 15.2. The molecule has 0 fully saturated rings. The molecule has 0 saturated heterocycles. The first kappa shape index (κ1) is 15.3. The molecule has 0 N–H and O–H groups in total. The van der Waals surface area contributed by atoms with E-state index in [2.05, 4.69) is 65.9 Å². The predicted molar refractivity (Wildman–Crippen MR) is 107 cm³/mol. The molecular formula is C21H16N6O. The molecule has 0 aliphatic carbocycles. The SMILES string of the molecule is Cc1ccc(-n2ccc3cc(N4CCOc5ncnc6c5C4=N6)ccc32)cn1. The molecule has 7 nitrogen and oxygen atoms in total. The summed E-state index contributed by atoms with van der Waals surface area (Å²) < 4.78 is 7.94. The second kappa shape index (κ2) is 5.63. The summed E-state index contributed by atoms with van der Waals surface area (Å²) in [5.41, 5.74) is 5.19. The van der Waals surface area contributed by atoms with E-state index in [4.69, 9.17) is 4.74 Å². The minimum absolute atomic E-state index is 0.552. The lowest BCUT2D eigenvalue weighted by molar-refractivity contribution is 0.319. The van der Waals surface area contributed by atoms with E-state index in [1.165, 1.54) is 6.33 Å². The van der Waals surface area contributed by atoms with Gasteiger partial charge in [0.05, 0.1) is 23.9 Å². The van der Waals surface area contributed by atoms with Crippen molar-refractivity contribution in [1.29, 1.82) is 0 Å². The first-order valence-corrected chi connectivity index (χ1v) is 9.16. The van der Waals surface area contributed by atoms with Crippen molar-refractivity contribution >= 4 is 28.2 Å². The van der Waals surface area contributed by atoms with Crippen LogP contribution in [0.5, 0.6) is 5.88 Å². The maximum atomic E-state index is 5.79. The number of nitrogens with zero attached hydrogens (tertiary/aromatic N) is 6. The van der Waals surface area contributed by atoms with Crippen LogP contribution < -0.4 is 9.64 Å². The van der Waals surface area contributed by atoms with Gasteiger partial charge in [-0.25, -0.2) is 15.0 Å². The number of pyridine rings is 1. The maximum Gasteiger partial charge on any atom is 0.230 e. The van der Waals surface area contributed by atoms with E-state index in [9.17, 15) is 0 Å². The summed E-state index contributed by atoms with van der Waals surface area (Å²) in [4.78, 5) is 19.6. The zero-order chi connectivity index (χ0) is 18.7. The third kappa shape index (κ3) is 2.16. The molecule has 1 aromatic carbocycles. The van der Waals surface area contributed by atoms with Crippen LogP contribution in [-0.2, 0) is 0 Å². The first-order chi connectivity index (χ1) is 13.8. The third-order valence-electron chi connectivity index (χ3n) is 5.20. The van der Waals surface area contributed by atoms with Crippen LogP contribution in [-0.4, -0.2) is 38.5 Å². The minimum Gasteiger partial charge on any atom is -0.475 e. The number of aryl methyl sites for hydroxylation is 1. The lowest BCUT2D eigenvalue weighted by Crippen LogP contribution is -2.35. The number of aliphatic imine (C=N–C) groups is 1. The highest BCUT2D eigenvalue weighted by atomic mass is 16.5. The lowest BCUT2D eigenvalue weighted by Gasteiger charge is -2.28. The van der Waals surface area contributed by atoms with Crippen molar-refractivity contribution in [1.82, 2.24) is 19.5 Å². The highest BCUT2D eigenvalue weighted by Gasteiger charge is 2.33. The van der Waals surface area contributed by atoms with Crippen molar-refractivity contribution in [2.75, 3.05) is 18.1 Å². The number of aromatic nitrogens is 4. The van der Waals surface area contributed by atoms with Crippen LogP contribution in [0.15, 0.2) is 60.1 Å². The Morgan fingerprint density at radius 1 is 1.00 bits per heavy atom. The summed E-state index contributed by atoms with van der Waals surface area (Å²) in [6.45, 7) is 3.26. The van der Waals surface area contributed by atoms with E-state index in [1.807, 2.05) is 19.2 Å². The van der Waals surface area contributed by atoms with Crippen LogP contribution >= 0.6 is 0 Å². The molecule has 5 heterocycles. The van der Waals surface area contributed by atoms with Gasteiger partial charge < -0.3 is 14.2 Å². The Morgan fingerprint density at radius 3 is 2.82 bits per heavy atom. The van der Waals surface area contributed by atoms with E-state index in [1.54, 1.807) is 0 Å². The molecule has 3 aromatic heterocycles. The van der Waals surface area contributed by atoms with Gasteiger partial charge in [0.2, 0.25) is 5.88 Å². The summed E-state index contributed by atoms with van der Waals surface area (Å²) in [5, 5.41) is 1.16. The van der Waals surface area contributed by atoms with Gasteiger partial charge in [0, 0.05) is 23.0 Å². The number of anilines is 1. The van der Waals surface area contributed by atoms with Crippen molar-refractivity contribution in [2.45, 2.75) is 6.92 Å². The monoisotopic (exact) mass is 368 g/mol. The van der Waals surface area contributed by atoms with Crippen LogP contribution in [0, 0.1) is 6.92 Å².